The van der Waals surface area contributed by atoms with E-state index < -0.39 is 0 Å². The van der Waals surface area contributed by atoms with Gasteiger partial charge >= 0.3 is 0 Å². The molecule has 2 atom stereocenters. The number of hydrazine groups is 1. The average molecular weight is 282 g/mol. The third-order valence-electron chi connectivity index (χ3n) is 4.28. The number of nitrogens with one attached hydrogen (secondary N) is 1. The summed E-state index contributed by atoms with van der Waals surface area (Å²) in [5, 5.41) is 0. The second-order valence-corrected chi connectivity index (χ2v) is 5.74. The van der Waals surface area contributed by atoms with Gasteiger partial charge in [0.15, 0.2) is 0 Å². The normalized spacial score (nSPS) is 18.7. The lowest BCUT2D eigenvalue weighted by molar-refractivity contribution is 0.245. The van der Waals surface area contributed by atoms with Crippen LogP contribution in [0.5, 0.6) is 5.75 Å². The summed E-state index contributed by atoms with van der Waals surface area (Å²) in [6.07, 6.45) is 1.92. The molecule has 3 N–H and O–H groups in total. The number of hydrogen-bond donors (Lipinski definition) is 2. The maximum Gasteiger partial charge on any atom is 0.122 e. The highest BCUT2D eigenvalue weighted by atomic mass is 16.5. The van der Waals surface area contributed by atoms with E-state index in [0.717, 1.165) is 25.2 Å². The molecule has 0 aromatic heterocycles. The van der Waals surface area contributed by atoms with Gasteiger partial charge in [-0.2, -0.15) is 0 Å². The van der Waals surface area contributed by atoms with Gasteiger partial charge in [-0.15, -0.1) is 0 Å². The minimum absolute atomic E-state index is 0.220. The van der Waals surface area contributed by atoms with Crippen molar-refractivity contribution in [2.24, 2.45) is 5.84 Å². The zero-order valence-corrected chi connectivity index (χ0v) is 12.4. The summed E-state index contributed by atoms with van der Waals surface area (Å²) in [4.78, 5) is 0. The first-order valence-corrected chi connectivity index (χ1v) is 7.51. The Balaban J connectivity index is 1.82. The highest BCUT2D eigenvalue weighted by Crippen LogP contribution is 2.36. The topological polar surface area (TPSA) is 47.3 Å². The van der Waals surface area contributed by atoms with Gasteiger partial charge in [0.25, 0.3) is 0 Å². The average Bonchev–Trinajstić information content (AvgIpc) is 2.54. The number of rotatable bonds is 4. The third kappa shape index (κ3) is 3.09. The minimum Gasteiger partial charge on any atom is -0.493 e. The van der Waals surface area contributed by atoms with E-state index in [1.807, 2.05) is 12.1 Å². The molecule has 1 heterocycles. The molecule has 0 saturated heterocycles. The Morgan fingerprint density at radius 1 is 1.19 bits per heavy atom. The first-order valence-electron chi connectivity index (χ1n) is 7.51. The molecule has 0 spiro atoms. The molecule has 2 unspecified atom stereocenters. The van der Waals surface area contributed by atoms with Crippen LogP contribution in [0.1, 0.15) is 29.0 Å². The Morgan fingerprint density at radius 3 is 2.71 bits per heavy atom. The predicted molar refractivity (Wildman–Crippen MR) is 85.3 cm³/mol. The third-order valence-corrected chi connectivity index (χ3v) is 4.28. The van der Waals surface area contributed by atoms with Crippen molar-refractivity contribution in [2.45, 2.75) is 31.7 Å². The molecule has 110 valence electrons. The summed E-state index contributed by atoms with van der Waals surface area (Å²) < 4.78 is 5.75. The Kier molecular flexibility index (Phi) is 4.23. The molecule has 0 bridgehead atoms. The highest BCUT2D eigenvalue weighted by molar-refractivity contribution is 5.39. The molecule has 1 aliphatic heterocycles. The quantitative estimate of drug-likeness (QED) is 0.669. The van der Waals surface area contributed by atoms with E-state index in [2.05, 4.69) is 48.7 Å². The lowest BCUT2D eigenvalue weighted by atomic mass is 9.84. The number of hydrogen-bond acceptors (Lipinski definition) is 3. The molecule has 3 nitrogen and oxygen atoms in total. The minimum atomic E-state index is 0.220. The lowest BCUT2D eigenvalue weighted by Crippen LogP contribution is -2.42. The fourth-order valence-corrected chi connectivity index (χ4v) is 3.08. The van der Waals surface area contributed by atoms with Gasteiger partial charge in [0.2, 0.25) is 0 Å². The van der Waals surface area contributed by atoms with Crippen LogP contribution < -0.4 is 16.0 Å². The number of nitrogens with two attached hydrogens (primary N) is 1. The molecule has 1 aliphatic rings. The zero-order chi connectivity index (χ0) is 14.7. The first-order chi connectivity index (χ1) is 10.3. The second-order valence-electron chi connectivity index (χ2n) is 5.74. The Hall–Kier alpha value is -1.84. The Bertz CT molecular complexity index is 594. The van der Waals surface area contributed by atoms with E-state index in [-0.39, 0.29) is 6.04 Å². The number of benzene rings is 2. The van der Waals surface area contributed by atoms with Crippen LogP contribution in [-0.4, -0.2) is 12.6 Å². The summed E-state index contributed by atoms with van der Waals surface area (Å²) in [7, 11) is 0. The van der Waals surface area contributed by atoms with Gasteiger partial charge in [0.1, 0.15) is 5.75 Å². The largest absolute Gasteiger partial charge is 0.493 e. The number of para-hydroxylation sites is 1. The molecule has 21 heavy (non-hydrogen) atoms. The summed E-state index contributed by atoms with van der Waals surface area (Å²) in [6, 6.07) is 17.2. The SMILES string of the molecule is Cc1ccc(CC(NN)C2CCOc3ccccc32)cc1. The van der Waals surface area contributed by atoms with E-state index in [1.165, 1.54) is 16.7 Å². The van der Waals surface area contributed by atoms with Gasteiger partial charge in [0.05, 0.1) is 6.61 Å². The van der Waals surface area contributed by atoms with Crippen molar-refractivity contribution < 1.29 is 4.74 Å². The van der Waals surface area contributed by atoms with Crippen molar-refractivity contribution in [3.63, 3.8) is 0 Å². The van der Waals surface area contributed by atoms with Gasteiger partial charge in [0, 0.05) is 12.0 Å². The molecular weight excluding hydrogens is 260 g/mol. The molecule has 0 radical (unpaired) electrons. The molecular formula is C18H22N2O. The molecule has 0 fully saturated rings. The summed E-state index contributed by atoms with van der Waals surface area (Å²) in [6.45, 7) is 2.87. The molecule has 0 aliphatic carbocycles. The fourth-order valence-electron chi connectivity index (χ4n) is 3.08. The van der Waals surface area contributed by atoms with E-state index in [1.54, 1.807) is 0 Å². The predicted octanol–water partition coefficient (Wildman–Crippen LogP) is 2.94. The zero-order valence-electron chi connectivity index (χ0n) is 12.4. The van der Waals surface area contributed by atoms with Crippen LogP contribution in [0.2, 0.25) is 0 Å². The summed E-state index contributed by atoms with van der Waals surface area (Å²) in [5.41, 5.74) is 6.88. The van der Waals surface area contributed by atoms with Gasteiger partial charge < -0.3 is 4.74 Å². The van der Waals surface area contributed by atoms with Gasteiger partial charge in [-0.05, 0) is 37.0 Å². The fraction of sp³-hybridized carbons (Fsp3) is 0.333. The molecule has 3 heteroatoms. The van der Waals surface area contributed by atoms with Crippen molar-refractivity contribution in [1.29, 1.82) is 0 Å². The van der Waals surface area contributed by atoms with Crippen LogP contribution >= 0.6 is 0 Å². The van der Waals surface area contributed by atoms with Crippen molar-refractivity contribution >= 4 is 0 Å². The maximum atomic E-state index is 5.85. The number of fused-ring (bicyclic) bond motifs is 1. The van der Waals surface area contributed by atoms with Crippen LogP contribution in [0.15, 0.2) is 48.5 Å². The van der Waals surface area contributed by atoms with Crippen LogP contribution in [0.4, 0.5) is 0 Å². The van der Waals surface area contributed by atoms with E-state index in [0.29, 0.717) is 5.92 Å². The van der Waals surface area contributed by atoms with E-state index in [9.17, 15) is 0 Å². The summed E-state index contributed by atoms with van der Waals surface area (Å²) in [5.74, 6) is 7.24. The van der Waals surface area contributed by atoms with E-state index >= 15 is 0 Å². The highest BCUT2D eigenvalue weighted by Gasteiger charge is 2.28. The van der Waals surface area contributed by atoms with Crippen LogP contribution in [0.25, 0.3) is 0 Å². The standard InChI is InChI=1S/C18H22N2O/c1-13-6-8-14(9-7-13)12-17(20-19)15-10-11-21-18-5-3-2-4-16(15)18/h2-9,15,17,20H,10-12,19H2,1H3. The van der Waals surface area contributed by atoms with Crippen molar-refractivity contribution in [1.82, 2.24) is 5.43 Å². The summed E-state index contributed by atoms with van der Waals surface area (Å²) >= 11 is 0. The van der Waals surface area contributed by atoms with Gasteiger partial charge in [-0.3, -0.25) is 11.3 Å². The molecule has 2 aromatic carbocycles. The lowest BCUT2D eigenvalue weighted by Gasteiger charge is -2.32. The van der Waals surface area contributed by atoms with Gasteiger partial charge in [-0.1, -0.05) is 48.0 Å². The first kappa shape index (κ1) is 14.1. The second kappa shape index (κ2) is 6.29. The maximum absolute atomic E-state index is 5.85. The van der Waals surface area contributed by atoms with E-state index in [4.69, 9.17) is 10.6 Å². The Morgan fingerprint density at radius 2 is 1.95 bits per heavy atom. The molecule has 0 saturated carbocycles. The number of ether oxygens (including phenoxy) is 1. The molecule has 3 rings (SSSR count). The molecule has 0 amide bonds. The smallest absolute Gasteiger partial charge is 0.122 e. The van der Waals surface area contributed by atoms with Crippen LogP contribution in [-0.2, 0) is 6.42 Å². The van der Waals surface area contributed by atoms with Crippen molar-refractivity contribution in [3.8, 4) is 5.75 Å². The number of aryl methyl sites for hydroxylation is 1. The van der Waals surface area contributed by atoms with Crippen molar-refractivity contribution in [3.05, 3.63) is 65.2 Å². The molecule has 2 aromatic rings. The monoisotopic (exact) mass is 282 g/mol. The van der Waals surface area contributed by atoms with Crippen molar-refractivity contribution in [2.75, 3.05) is 6.61 Å². The van der Waals surface area contributed by atoms with Gasteiger partial charge in [-0.25, -0.2) is 0 Å². The van der Waals surface area contributed by atoms with Crippen LogP contribution in [0, 0.1) is 6.92 Å². The van der Waals surface area contributed by atoms with Crippen LogP contribution in [0.3, 0.4) is 0 Å². The Labute approximate surface area is 126 Å².